The van der Waals surface area contributed by atoms with Gasteiger partial charge in [-0.1, -0.05) is 0 Å². The Hall–Kier alpha value is -0.900. The van der Waals surface area contributed by atoms with Crippen molar-refractivity contribution in [3.8, 4) is 0 Å². The van der Waals surface area contributed by atoms with Crippen molar-refractivity contribution in [3.63, 3.8) is 0 Å². The van der Waals surface area contributed by atoms with E-state index >= 15 is 4.79 Å². The lowest BCUT2D eigenvalue weighted by Gasteiger charge is -2.30. The van der Waals surface area contributed by atoms with Crippen LogP contribution in [0.25, 0.3) is 0 Å². The van der Waals surface area contributed by atoms with Crippen LogP contribution in [0.4, 0.5) is 17.1 Å². The normalized spacial score (nSPS) is 12.1. The van der Waals surface area contributed by atoms with Crippen molar-refractivity contribution in [1.29, 1.82) is 0 Å². The summed E-state index contributed by atoms with van der Waals surface area (Å²) in [5.74, 6) is -7.47. The molecule has 0 aliphatic heterocycles. The van der Waals surface area contributed by atoms with Crippen LogP contribution < -0.4 is 31.9 Å². The van der Waals surface area contributed by atoms with E-state index in [1.807, 2.05) is 0 Å². The summed E-state index contributed by atoms with van der Waals surface area (Å²) < 4.78 is 0.977. The van der Waals surface area contributed by atoms with Crippen LogP contribution in [0.15, 0.2) is 0 Å². The highest BCUT2D eigenvalue weighted by atomic mass is 127. The summed E-state index contributed by atoms with van der Waals surface area (Å²) >= 11 is 16.0. The summed E-state index contributed by atoms with van der Waals surface area (Å²) in [4.78, 5) is 128. The lowest BCUT2D eigenvalue weighted by atomic mass is 10.1. The minimum absolute atomic E-state index is 0.0176. The third kappa shape index (κ3) is 19.3. The predicted molar refractivity (Wildman–Crippen MR) is 367 cm³/mol. The van der Waals surface area contributed by atoms with E-state index < -0.39 is 131 Å². The third-order valence-electron chi connectivity index (χ3n) is 11.0. The molecule has 27 nitrogen and oxygen atoms in total. The molecule has 0 spiro atoms. The molecule has 0 saturated heterocycles. The smallest absolute Gasteiger partial charge is 0.256 e. The zero-order valence-electron chi connectivity index (χ0n) is 41.9. The summed E-state index contributed by atoms with van der Waals surface area (Å²) in [5, 5.41) is 102. The van der Waals surface area contributed by atoms with Crippen LogP contribution in [0.5, 0.6) is 0 Å². The third-order valence-corrected chi connectivity index (χ3v) is 20.7. The Morgan fingerprint density at radius 1 is 0.370 bits per heavy atom. The van der Waals surface area contributed by atoms with Crippen molar-refractivity contribution >= 4 is 274 Å². The zero-order chi connectivity index (χ0) is 61.5. The molecule has 446 valence electrons. The number of nitrogens with zero attached hydrogens (tertiary/aromatic N) is 3. The van der Waals surface area contributed by atoms with Crippen LogP contribution in [0.1, 0.15) is 62.1 Å². The van der Waals surface area contributed by atoms with Gasteiger partial charge in [0.15, 0.2) is 0 Å². The molecule has 81 heavy (non-hydrogen) atoms. The number of carbonyl (C=O) groups is 9. The summed E-state index contributed by atoms with van der Waals surface area (Å²) in [5.41, 5.74) is -0.871. The fourth-order valence-electron chi connectivity index (χ4n) is 6.71. The van der Waals surface area contributed by atoms with Crippen molar-refractivity contribution in [1.82, 2.24) is 30.7 Å². The first-order valence-corrected chi connectivity index (χ1v) is 32.6. The van der Waals surface area contributed by atoms with Gasteiger partial charge >= 0.3 is 0 Å². The first-order valence-electron chi connectivity index (χ1n) is 22.9. The lowest BCUT2D eigenvalue weighted by Crippen LogP contribution is -2.45. The van der Waals surface area contributed by atoms with Crippen molar-refractivity contribution in [2.75, 3.05) is 116 Å². The van der Waals surface area contributed by atoms with Gasteiger partial charge in [0, 0.05) is 70.6 Å². The van der Waals surface area contributed by atoms with E-state index in [0.717, 1.165) is 0 Å². The quantitative estimate of drug-likeness (QED) is 0.0452. The highest BCUT2D eigenvalue weighted by Crippen LogP contribution is 2.39. The first-order chi connectivity index (χ1) is 38.0. The number of aliphatic hydroxyl groups is 9. The van der Waals surface area contributed by atoms with E-state index in [0.29, 0.717) is 0 Å². The molecule has 3 aromatic carbocycles. The monoisotopic (exact) mass is 2150 g/mol. The van der Waals surface area contributed by atoms with Crippen LogP contribution in [0.2, 0.25) is 0 Å². The minimum Gasteiger partial charge on any atom is -0.394 e. The molecule has 36 heteroatoms. The van der Waals surface area contributed by atoms with Crippen molar-refractivity contribution in [2.45, 2.75) is 18.3 Å². The lowest BCUT2D eigenvalue weighted by molar-refractivity contribution is -0.119. The van der Waals surface area contributed by atoms with Gasteiger partial charge in [-0.05, 0) is 203 Å². The highest BCUT2D eigenvalue weighted by molar-refractivity contribution is 14.1. The van der Waals surface area contributed by atoms with Crippen molar-refractivity contribution in [3.05, 3.63) is 65.5 Å². The van der Waals surface area contributed by atoms with Gasteiger partial charge in [-0.25, -0.2) is 0 Å². The molecular weight excluding hydrogens is 2100 g/mol. The number of halogens is 9. The summed E-state index contributed by atoms with van der Waals surface area (Å²) in [6.45, 7) is -7.58. The molecule has 3 atom stereocenters. The molecule has 3 rings (SSSR count). The molecule has 0 saturated carbocycles. The number of hydrogen-bond donors (Lipinski definition) is 15. The van der Waals surface area contributed by atoms with Gasteiger partial charge in [-0.15, -0.1) is 0 Å². The highest BCUT2D eigenvalue weighted by Gasteiger charge is 2.35. The van der Waals surface area contributed by atoms with Gasteiger partial charge in [-0.3, -0.25) is 43.2 Å². The number of benzene rings is 3. The van der Waals surface area contributed by atoms with Gasteiger partial charge in [0.25, 0.3) is 35.4 Å². The van der Waals surface area contributed by atoms with E-state index in [2.05, 4.69) is 31.9 Å². The number of nitrogens with one attached hydrogen (secondary N) is 6. The number of anilines is 3. The summed E-state index contributed by atoms with van der Waals surface area (Å²) in [7, 11) is 2.73. The van der Waals surface area contributed by atoms with Gasteiger partial charge in [-0.2, -0.15) is 0 Å². The van der Waals surface area contributed by atoms with E-state index in [1.54, 1.807) is 203 Å². The Bertz CT molecular complexity index is 2810. The Balaban J connectivity index is 2.32. The minimum atomic E-state index is -1.38. The molecule has 0 aliphatic carbocycles. The van der Waals surface area contributed by atoms with Gasteiger partial charge in [0.2, 0.25) is 17.7 Å². The second-order valence-corrected chi connectivity index (χ2v) is 26.4. The maximum absolute atomic E-state index is 15.4. The first kappa shape index (κ1) is 74.4. The molecule has 3 unspecified atom stereocenters. The Morgan fingerprint density at radius 2 is 0.605 bits per heavy atom. The summed E-state index contributed by atoms with van der Waals surface area (Å²) in [6, 6.07) is 0. The Labute approximate surface area is 584 Å². The Kier molecular flexibility index (Phi) is 32.3. The molecule has 9 amide bonds. The maximum Gasteiger partial charge on any atom is 0.256 e. The average molecular weight is 2150 g/mol. The molecule has 0 fully saturated rings. The zero-order valence-corrected chi connectivity index (χ0v) is 61.3. The van der Waals surface area contributed by atoms with Crippen LogP contribution in [-0.4, -0.2) is 232 Å². The standard InChI is InChI=1S/C45H50I9N9O18/c1-61(43(79)25-28(46)22(40(76)55-7-16(70)10-64)31(49)37(34(25)52)58-19(73)13-67)3-5-63(45(81)27-30(48)24(42(78)57-9-18(72)12-66)33(51)39(36(27)54)60-21(75)15-69)6-4-62(2)44(80)26-29(47)23(41(77)56-8-17(71)11-65)32(50)38(35(26)53)59-20(74)14-68/h16-18,64-72H,3-15H2,1-2H3,(H,55,76)(H,56,77)(H,57,78)(H,58,73)(H,59,74)(H,60,75). The Morgan fingerprint density at radius 3 is 0.840 bits per heavy atom. The maximum atomic E-state index is 15.4. The molecular formula is C45H50I9N9O18. The molecule has 15 N–H and O–H groups in total. The molecule has 0 bridgehead atoms. The number of rotatable bonds is 27. The molecule has 0 heterocycles. The molecule has 0 aliphatic rings. The van der Waals surface area contributed by atoms with Crippen LogP contribution in [0.3, 0.4) is 0 Å². The van der Waals surface area contributed by atoms with E-state index in [-0.39, 0.29) is 109 Å². The largest absolute Gasteiger partial charge is 0.394 e. The van der Waals surface area contributed by atoms with Crippen molar-refractivity contribution in [2.24, 2.45) is 0 Å². The predicted octanol–water partition coefficient (Wildman–Crippen LogP) is 0.156. The SMILES string of the molecule is CN(CCN(CCN(C)C(=O)c1c(I)c(NC(=O)CO)c(I)c(C(=O)NCC(O)CO)c1I)C(=O)c1c(I)c(NC(=O)CO)c(I)c(C(=O)NCC(O)CO)c1I)C(=O)c1c(I)c(NC(=O)CO)c(I)c(C(=O)NCC(O)CO)c1I. The van der Waals surface area contributed by atoms with Crippen LogP contribution in [0, 0.1) is 32.1 Å². The number of carbonyl (C=O) groups excluding carboxylic acids is 9. The van der Waals surface area contributed by atoms with Crippen LogP contribution >= 0.6 is 203 Å². The second kappa shape index (κ2) is 35.2. The van der Waals surface area contributed by atoms with E-state index in [1.165, 1.54) is 28.8 Å². The van der Waals surface area contributed by atoms with Crippen LogP contribution in [-0.2, 0) is 14.4 Å². The number of amides is 9. The van der Waals surface area contributed by atoms with Gasteiger partial charge < -0.3 is 92.6 Å². The fraction of sp³-hybridized carbons (Fsp3) is 0.400. The fourth-order valence-corrected chi connectivity index (χ4v) is 19.9. The van der Waals surface area contributed by atoms with Crippen molar-refractivity contribution < 1.29 is 89.1 Å². The number of aliphatic hydroxyl groups excluding tert-OH is 9. The number of likely N-dealkylation sites (N-methyl/N-ethyl adjacent to an activating group) is 2. The molecule has 3 aromatic rings. The second-order valence-electron chi connectivity index (χ2n) is 16.7. The van der Waals surface area contributed by atoms with Gasteiger partial charge in [0.1, 0.15) is 19.8 Å². The average Bonchev–Trinajstić information content (AvgIpc) is 3.64. The molecule has 0 radical (unpaired) electrons. The molecule has 0 aromatic heterocycles. The van der Waals surface area contributed by atoms with E-state index in [9.17, 15) is 84.3 Å². The number of hydrogen-bond acceptors (Lipinski definition) is 18. The topological polar surface area (TPSA) is 418 Å². The summed E-state index contributed by atoms with van der Waals surface area (Å²) in [6.07, 6.45) is -4.07. The van der Waals surface area contributed by atoms with Gasteiger partial charge in [0.05, 0.1) is 110 Å². The van der Waals surface area contributed by atoms with E-state index in [4.69, 9.17) is 0 Å².